The summed E-state index contributed by atoms with van der Waals surface area (Å²) < 4.78 is 0. The van der Waals surface area contributed by atoms with E-state index in [1.807, 2.05) is 42.5 Å². The molecule has 1 amide bonds. The van der Waals surface area contributed by atoms with E-state index in [-0.39, 0.29) is 0 Å². The summed E-state index contributed by atoms with van der Waals surface area (Å²) in [5, 5.41) is 10.8. The van der Waals surface area contributed by atoms with E-state index in [2.05, 4.69) is 5.32 Å². The Morgan fingerprint density at radius 1 is 0.941 bits per heavy atom. The van der Waals surface area contributed by atoms with E-state index in [9.17, 15) is 4.79 Å². The summed E-state index contributed by atoms with van der Waals surface area (Å²) in [7, 11) is 0. The van der Waals surface area contributed by atoms with Gasteiger partial charge in [0.05, 0.1) is 0 Å². The highest BCUT2D eigenvalue weighted by Gasteiger charge is 2.00. The molecule has 0 aliphatic heterocycles. The number of amides is 1. The second-order valence-electron chi connectivity index (χ2n) is 3.51. The number of benzene rings is 2. The Labute approximate surface area is 99.3 Å². The van der Waals surface area contributed by atoms with Crippen molar-refractivity contribution >= 4 is 11.6 Å². The van der Waals surface area contributed by atoms with Crippen molar-refractivity contribution in [2.45, 2.75) is 0 Å². The highest BCUT2D eigenvalue weighted by Crippen LogP contribution is 2.20. The van der Waals surface area contributed by atoms with Crippen molar-refractivity contribution in [1.29, 1.82) is 5.26 Å². The molecule has 17 heavy (non-hydrogen) atoms. The third kappa shape index (κ3) is 2.70. The lowest BCUT2D eigenvalue weighted by Crippen LogP contribution is -2.07. The molecule has 3 heteroatoms. The van der Waals surface area contributed by atoms with Crippen molar-refractivity contribution in [3.05, 3.63) is 54.6 Å². The molecule has 3 nitrogen and oxygen atoms in total. The van der Waals surface area contributed by atoms with Gasteiger partial charge in [0.15, 0.2) is 6.07 Å². The molecule has 0 spiro atoms. The number of anilines is 1. The molecule has 2 aromatic carbocycles. The number of nitrogens with one attached hydrogen (secondary N) is 1. The van der Waals surface area contributed by atoms with Crippen LogP contribution < -0.4 is 5.32 Å². The number of nitrogens with zero attached hydrogens (tertiary/aromatic N) is 1. The first-order chi connectivity index (χ1) is 8.29. The molecule has 2 rings (SSSR count). The summed E-state index contributed by atoms with van der Waals surface area (Å²) in [5.74, 6) is -0.655. The number of carbonyl (C=O) groups is 1. The van der Waals surface area contributed by atoms with Crippen molar-refractivity contribution in [3.63, 3.8) is 0 Å². The van der Waals surface area contributed by atoms with Crippen LogP contribution in [0.15, 0.2) is 54.6 Å². The summed E-state index contributed by atoms with van der Waals surface area (Å²) >= 11 is 0. The fraction of sp³-hybridized carbons (Fsp3) is 0. The van der Waals surface area contributed by atoms with Crippen molar-refractivity contribution in [1.82, 2.24) is 0 Å². The molecule has 0 bridgehead atoms. The van der Waals surface area contributed by atoms with Crippen LogP contribution in [0.5, 0.6) is 0 Å². The van der Waals surface area contributed by atoms with Gasteiger partial charge in [-0.15, -0.1) is 0 Å². The molecule has 0 aromatic heterocycles. The molecular formula is C14H10N2O. The first-order valence-electron chi connectivity index (χ1n) is 5.16. The summed E-state index contributed by atoms with van der Waals surface area (Å²) in [6.07, 6.45) is 0. The maximum atomic E-state index is 10.9. The van der Waals surface area contributed by atoms with Crippen molar-refractivity contribution < 1.29 is 4.79 Å². The fourth-order valence-corrected chi connectivity index (χ4v) is 1.54. The lowest BCUT2D eigenvalue weighted by atomic mass is 10.1. The SMILES string of the molecule is N#CC(=O)Nc1ccc(-c2ccccc2)cc1. The first-order valence-corrected chi connectivity index (χ1v) is 5.16. The third-order valence-corrected chi connectivity index (χ3v) is 2.35. The summed E-state index contributed by atoms with van der Waals surface area (Å²) in [5.41, 5.74) is 2.81. The maximum Gasteiger partial charge on any atom is 0.326 e. The molecule has 0 atom stereocenters. The zero-order chi connectivity index (χ0) is 12.1. The Bertz CT molecular complexity index is 553. The second kappa shape index (κ2) is 4.95. The lowest BCUT2D eigenvalue weighted by Gasteiger charge is -2.03. The van der Waals surface area contributed by atoms with Gasteiger partial charge in [0, 0.05) is 5.69 Å². The molecule has 0 unspecified atom stereocenters. The molecule has 0 saturated heterocycles. The highest BCUT2D eigenvalue weighted by molar-refractivity contribution is 6.02. The van der Waals surface area contributed by atoms with Crippen LogP contribution in [0.4, 0.5) is 5.69 Å². The van der Waals surface area contributed by atoms with Gasteiger partial charge in [-0.1, -0.05) is 42.5 Å². The monoisotopic (exact) mass is 222 g/mol. The average molecular weight is 222 g/mol. The normalized spacial score (nSPS) is 9.35. The largest absolute Gasteiger partial charge is 0.326 e. The molecule has 0 aliphatic carbocycles. The van der Waals surface area contributed by atoms with E-state index in [1.165, 1.54) is 6.07 Å². The Morgan fingerprint density at radius 3 is 2.12 bits per heavy atom. The van der Waals surface area contributed by atoms with Gasteiger partial charge >= 0.3 is 5.91 Å². The van der Waals surface area contributed by atoms with Crippen LogP contribution in [0.3, 0.4) is 0 Å². The summed E-state index contributed by atoms with van der Waals surface area (Å²) in [4.78, 5) is 10.9. The summed E-state index contributed by atoms with van der Waals surface area (Å²) in [6, 6.07) is 18.8. The van der Waals surface area contributed by atoms with Crippen molar-refractivity contribution in [2.24, 2.45) is 0 Å². The smallest absolute Gasteiger partial charge is 0.313 e. The Kier molecular flexibility index (Phi) is 3.18. The van der Waals surface area contributed by atoms with Crippen molar-refractivity contribution in [3.8, 4) is 17.2 Å². The quantitative estimate of drug-likeness (QED) is 0.794. The van der Waals surface area contributed by atoms with Gasteiger partial charge in [0.2, 0.25) is 0 Å². The van der Waals surface area contributed by atoms with Crippen LogP contribution in [0.25, 0.3) is 11.1 Å². The number of hydrogen-bond donors (Lipinski definition) is 1. The molecule has 1 N–H and O–H groups in total. The Balaban J connectivity index is 2.20. The van der Waals surface area contributed by atoms with E-state index in [1.54, 1.807) is 12.1 Å². The maximum absolute atomic E-state index is 10.9. The number of carbonyl (C=O) groups excluding carboxylic acids is 1. The minimum Gasteiger partial charge on any atom is -0.313 e. The van der Waals surface area contributed by atoms with E-state index >= 15 is 0 Å². The first kappa shape index (κ1) is 10.9. The standard InChI is InChI=1S/C14H10N2O/c15-10-14(17)16-13-8-6-12(7-9-13)11-4-2-1-3-5-11/h1-9H,(H,16,17). The van der Waals surface area contributed by atoms with Crippen LogP contribution in [-0.4, -0.2) is 5.91 Å². The van der Waals surface area contributed by atoms with Crippen LogP contribution in [0, 0.1) is 11.3 Å². The molecule has 0 saturated carbocycles. The highest BCUT2D eigenvalue weighted by atomic mass is 16.1. The molecular weight excluding hydrogens is 212 g/mol. The van der Waals surface area contributed by atoms with Gasteiger partial charge in [0.25, 0.3) is 0 Å². The van der Waals surface area contributed by atoms with E-state index < -0.39 is 5.91 Å². The zero-order valence-electron chi connectivity index (χ0n) is 9.05. The summed E-state index contributed by atoms with van der Waals surface area (Å²) in [6.45, 7) is 0. The van der Waals surface area contributed by atoms with E-state index in [0.29, 0.717) is 5.69 Å². The van der Waals surface area contributed by atoms with Crippen LogP contribution >= 0.6 is 0 Å². The molecule has 82 valence electrons. The van der Waals surface area contributed by atoms with Crippen LogP contribution in [0.1, 0.15) is 0 Å². The molecule has 0 fully saturated rings. The van der Waals surface area contributed by atoms with E-state index in [4.69, 9.17) is 5.26 Å². The predicted octanol–water partition coefficient (Wildman–Crippen LogP) is 2.82. The van der Waals surface area contributed by atoms with Gasteiger partial charge in [-0.05, 0) is 23.3 Å². The lowest BCUT2D eigenvalue weighted by molar-refractivity contribution is -0.111. The predicted molar refractivity (Wildman–Crippen MR) is 66.1 cm³/mol. The molecule has 0 radical (unpaired) electrons. The molecule has 0 aliphatic rings. The Hall–Kier alpha value is -2.60. The van der Waals surface area contributed by atoms with Gasteiger partial charge in [-0.25, -0.2) is 0 Å². The minimum absolute atomic E-state index is 0.622. The molecule has 2 aromatic rings. The minimum atomic E-state index is -0.655. The van der Waals surface area contributed by atoms with Gasteiger partial charge in [-0.2, -0.15) is 5.26 Å². The van der Waals surface area contributed by atoms with Crippen LogP contribution in [0.2, 0.25) is 0 Å². The van der Waals surface area contributed by atoms with Gasteiger partial charge in [-0.3, -0.25) is 4.79 Å². The average Bonchev–Trinajstić information content (AvgIpc) is 2.40. The zero-order valence-corrected chi connectivity index (χ0v) is 9.05. The number of nitriles is 1. The van der Waals surface area contributed by atoms with Gasteiger partial charge in [0.1, 0.15) is 0 Å². The topological polar surface area (TPSA) is 52.9 Å². The number of rotatable bonds is 2. The van der Waals surface area contributed by atoms with E-state index in [0.717, 1.165) is 11.1 Å². The van der Waals surface area contributed by atoms with Crippen LogP contribution in [-0.2, 0) is 4.79 Å². The van der Waals surface area contributed by atoms with Crippen molar-refractivity contribution in [2.75, 3.05) is 5.32 Å². The number of hydrogen-bond acceptors (Lipinski definition) is 2. The van der Waals surface area contributed by atoms with Gasteiger partial charge < -0.3 is 5.32 Å². The Morgan fingerprint density at radius 2 is 1.53 bits per heavy atom. The second-order valence-corrected chi connectivity index (χ2v) is 3.51. The third-order valence-electron chi connectivity index (χ3n) is 2.35. The molecule has 0 heterocycles. The fourth-order valence-electron chi connectivity index (χ4n) is 1.54.